The molecule has 0 aliphatic heterocycles. The molecule has 0 radical (unpaired) electrons. The molecule has 3 heteroatoms. The molecule has 1 amide bonds. The van der Waals surface area contributed by atoms with E-state index in [-0.39, 0.29) is 5.91 Å². The Morgan fingerprint density at radius 3 is 2.62 bits per heavy atom. The fourth-order valence-corrected chi connectivity index (χ4v) is 3.14. The van der Waals surface area contributed by atoms with Crippen molar-refractivity contribution in [3.8, 4) is 0 Å². The fraction of sp³-hybridized carbons (Fsp3) is 0.611. The molecule has 0 bridgehead atoms. The molecule has 1 aromatic carbocycles. The maximum absolute atomic E-state index is 12.3. The SMILES string of the molecule is CCC1CCC(O)(CNC(=O)c2cccc(C)c2C)CC1. The van der Waals surface area contributed by atoms with E-state index in [9.17, 15) is 9.90 Å². The lowest BCUT2D eigenvalue weighted by Gasteiger charge is -2.35. The van der Waals surface area contributed by atoms with E-state index in [0.717, 1.165) is 42.7 Å². The van der Waals surface area contributed by atoms with Crippen LogP contribution in [0.15, 0.2) is 18.2 Å². The molecule has 0 saturated heterocycles. The van der Waals surface area contributed by atoms with Crippen LogP contribution in [0.25, 0.3) is 0 Å². The lowest BCUT2D eigenvalue weighted by molar-refractivity contribution is -0.00787. The number of nitrogens with one attached hydrogen (secondary N) is 1. The van der Waals surface area contributed by atoms with E-state index >= 15 is 0 Å². The van der Waals surface area contributed by atoms with Gasteiger partial charge in [0.25, 0.3) is 5.91 Å². The van der Waals surface area contributed by atoms with E-state index in [1.807, 2.05) is 32.0 Å². The third-order valence-electron chi connectivity index (χ3n) is 5.04. The molecule has 1 aliphatic rings. The summed E-state index contributed by atoms with van der Waals surface area (Å²) < 4.78 is 0. The summed E-state index contributed by atoms with van der Waals surface area (Å²) in [6.07, 6.45) is 4.89. The zero-order chi connectivity index (χ0) is 15.5. The molecule has 1 aliphatic carbocycles. The molecule has 0 spiro atoms. The molecular weight excluding hydrogens is 262 g/mol. The maximum atomic E-state index is 12.3. The first-order valence-corrected chi connectivity index (χ1v) is 8.02. The van der Waals surface area contributed by atoms with Gasteiger partial charge in [0.1, 0.15) is 0 Å². The van der Waals surface area contributed by atoms with Crippen molar-refractivity contribution in [3.05, 3.63) is 34.9 Å². The Morgan fingerprint density at radius 2 is 2.00 bits per heavy atom. The van der Waals surface area contributed by atoms with E-state index < -0.39 is 5.60 Å². The van der Waals surface area contributed by atoms with Gasteiger partial charge in [-0.25, -0.2) is 0 Å². The van der Waals surface area contributed by atoms with E-state index in [1.165, 1.54) is 6.42 Å². The molecule has 1 aromatic rings. The van der Waals surface area contributed by atoms with Gasteiger partial charge >= 0.3 is 0 Å². The second-order valence-electron chi connectivity index (χ2n) is 6.51. The first-order chi connectivity index (χ1) is 9.95. The molecule has 2 N–H and O–H groups in total. The molecule has 1 saturated carbocycles. The molecule has 0 atom stereocenters. The predicted molar refractivity (Wildman–Crippen MR) is 85.4 cm³/mol. The summed E-state index contributed by atoms with van der Waals surface area (Å²) in [5.74, 6) is 0.655. The molecule has 21 heavy (non-hydrogen) atoms. The van der Waals surface area contributed by atoms with Crippen LogP contribution in [0.4, 0.5) is 0 Å². The average molecular weight is 289 g/mol. The first-order valence-electron chi connectivity index (χ1n) is 8.02. The van der Waals surface area contributed by atoms with Crippen LogP contribution in [0.5, 0.6) is 0 Å². The average Bonchev–Trinajstić information content (AvgIpc) is 2.49. The Balaban J connectivity index is 1.94. The van der Waals surface area contributed by atoms with Gasteiger partial charge in [0.15, 0.2) is 0 Å². The minimum atomic E-state index is -0.723. The summed E-state index contributed by atoms with van der Waals surface area (Å²) >= 11 is 0. The molecule has 0 unspecified atom stereocenters. The monoisotopic (exact) mass is 289 g/mol. The van der Waals surface area contributed by atoms with Gasteiger partial charge in [-0.3, -0.25) is 4.79 Å². The quantitative estimate of drug-likeness (QED) is 0.893. The molecular formula is C18H27NO2. The molecule has 0 aromatic heterocycles. The molecule has 2 rings (SSSR count). The summed E-state index contributed by atoms with van der Waals surface area (Å²) in [5, 5.41) is 13.5. The number of aryl methyl sites for hydroxylation is 1. The van der Waals surface area contributed by atoms with Crippen molar-refractivity contribution in [1.29, 1.82) is 0 Å². The molecule has 3 nitrogen and oxygen atoms in total. The summed E-state index contributed by atoms with van der Waals surface area (Å²) in [5.41, 5.74) is 2.11. The van der Waals surface area contributed by atoms with Crippen molar-refractivity contribution in [3.63, 3.8) is 0 Å². The standard InChI is InChI=1S/C18H27NO2/c1-4-15-8-10-18(21,11-9-15)12-19-17(20)16-7-5-6-13(2)14(16)3/h5-7,15,21H,4,8-12H2,1-3H3,(H,19,20). The van der Waals surface area contributed by atoms with Crippen LogP contribution >= 0.6 is 0 Å². The fourth-order valence-electron chi connectivity index (χ4n) is 3.14. The first kappa shape index (κ1) is 16.0. The van der Waals surface area contributed by atoms with Crippen molar-refractivity contribution in [2.24, 2.45) is 5.92 Å². The zero-order valence-electron chi connectivity index (χ0n) is 13.4. The number of benzene rings is 1. The number of rotatable bonds is 4. The van der Waals surface area contributed by atoms with E-state index in [4.69, 9.17) is 0 Å². The van der Waals surface area contributed by atoms with Gasteiger partial charge in [-0.1, -0.05) is 25.5 Å². The lowest BCUT2D eigenvalue weighted by atomic mass is 9.78. The second-order valence-corrected chi connectivity index (χ2v) is 6.51. The summed E-state index contributed by atoms with van der Waals surface area (Å²) in [6.45, 7) is 6.53. The minimum Gasteiger partial charge on any atom is -0.388 e. The van der Waals surface area contributed by atoms with Crippen LogP contribution in [-0.4, -0.2) is 23.2 Å². The van der Waals surface area contributed by atoms with E-state index in [0.29, 0.717) is 12.1 Å². The Bertz CT molecular complexity index is 502. The van der Waals surface area contributed by atoms with Gasteiger partial charge in [0.2, 0.25) is 0 Å². The van der Waals surface area contributed by atoms with Crippen molar-refractivity contribution in [2.75, 3.05) is 6.54 Å². The summed E-state index contributed by atoms with van der Waals surface area (Å²) in [7, 11) is 0. The Morgan fingerprint density at radius 1 is 1.33 bits per heavy atom. The van der Waals surface area contributed by atoms with Crippen molar-refractivity contribution in [1.82, 2.24) is 5.32 Å². The zero-order valence-corrected chi connectivity index (χ0v) is 13.4. The van der Waals surface area contributed by atoms with Crippen LogP contribution in [0.3, 0.4) is 0 Å². The van der Waals surface area contributed by atoms with Crippen LogP contribution in [0.1, 0.15) is 60.5 Å². The van der Waals surface area contributed by atoms with Gasteiger partial charge < -0.3 is 10.4 Å². The molecule has 116 valence electrons. The van der Waals surface area contributed by atoms with Gasteiger partial charge in [-0.2, -0.15) is 0 Å². The van der Waals surface area contributed by atoms with Crippen molar-refractivity contribution < 1.29 is 9.90 Å². The third-order valence-corrected chi connectivity index (χ3v) is 5.04. The number of carbonyl (C=O) groups excluding carboxylic acids is 1. The minimum absolute atomic E-state index is 0.0813. The Labute approximate surface area is 127 Å². The molecule has 1 fully saturated rings. The van der Waals surface area contributed by atoms with Gasteiger partial charge in [0, 0.05) is 12.1 Å². The maximum Gasteiger partial charge on any atom is 0.251 e. The summed E-state index contributed by atoms with van der Waals surface area (Å²) in [4.78, 5) is 12.3. The highest BCUT2D eigenvalue weighted by molar-refractivity contribution is 5.95. The smallest absolute Gasteiger partial charge is 0.251 e. The lowest BCUT2D eigenvalue weighted by Crippen LogP contribution is -2.45. The van der Waals surface area contributed by atoms with E-state index in [1.54, 1.807) is 0 Å². The van der Waals surface area contributed by atoms with Crippen LogP contribution in [-0.2, 0) is 0 Å². The number of hydrogen-bond donors (Lipinski definition) is 2. The molecule has 0 heterocycles. The number of carbonyl (C=O) groups is 1. The van der Waals surface area contributed by atoms with Crippen molar-refractivity contribution in [2.45, 2.75) is 58.5 Å². The highest BCUT2D eigenvalue weighted by Crippen LogP contribution is 2.33. The van der Waals surface area contributed by atoms with Crippen LogP contribution in [0, 0.1) is 19.8 Å². The largest absolute Gasteiger partial charge is 0.388 e. The highest BCUT2D eigenvalue weighted by atomic mass is 16.3. The van der Waals surface area contributed by atoms with Gasteiger partial charge in [-0.15, -0.1) is 0 Å². The number of amides is 1. The van der Waals surface area contributed by atoms with E-state index in [2.05, 4.69) is 12.2 Å². The number of aliphatic hydroxyl groups is 1. The highest BCUT2D eigenvalue weighted by Gasteiger charge is 2.33. The van der Waals surface area contributed by atoms with Crippen LogP contribution < -0.4 is 5.32 Å². The third kappa shape index (κ3) is 3.85. The van der Waals surface area contributed by atoms with Gasteiger partial charge in [0.05, 0.1) is 5.60 Å². The normalized spacial score (nSPS) is 25.6. The van der Waals surface area contributed by atoms with Crippen molar-refractivity contribution >= 4 is 5.91 Å². The Kier molecular flexibility index (Phi) is 5.04. The predicted octanol–water partition coefficient (Wildman–Crippen LogP) is 3.36. The topological polar surface area (TPSA) is 49.3 Å². The number of hydrogen-bond acceptors (Lipinski definition) is 2. The Hall–Kier alpha value is -1.35. The summed E-state index contributed by atoms with van der Waals surface area (Å²) in [6, 6.07) is 5.75. The van der Waals surface area contributed by atoms with Gasteiger partial charge in [-0.05, 0) is 62.6 Å². The second kappa shape index (κ2) is 6.61. The van der Waals surface area contributed by atoms with Crippen LogP contribution in [0.2, 0.25) is 0 Å².